The Morgan fingerprint density at radius 3 is 2.80 bits per heavy atom. The van der Waals surface area contributed by atoms with E-state index in [0.29, 0.717) is 0 Å². The first-order valence-electron chi connectivity index (χ1n) is 5.03. The zero-order chi connectivity index (χ0) is 10.8. The molecule has 0 aliphatic carbocycles. The molecule has 15 heavy (non-hydrogen) atoms. The Bertz CT molecular complexity index is 350. The van der Waals surface area contributed by atoms with E-state index in [-0.39, 0.29) is 11.9 Å². The van der Waals surface area contributed by atoms with Gasteiger partial charge >= 0.3 is 0 Å². The Kier molecular flexibility index (Phi) is 2.86. The molecule has 0 bridgehead atoms. The van der Waals surface area contributed by atoms with E-state index in [1.807, 2.05) is 0 Å². The lowest BCUT2D eigenvalue weighted by atomic mass is 10.1. The number of likely N-dealkylation sites (N-methyl/N-ethyl adjacent to an activating group) is 1. The average molecular weight is 213 g/mol. The van der Waals surface area contributed by atoms with Crippen molar-refractivity contribution < 1.29 is 13.5 Å². The molecule has 82 valence electrons. The van der Waals surface area contributed by atoms with Crippen LogP contribution in [-0.4, -0.2) is 30.6 Å². The summed E-state index contributed by atoms with van der Waals surface area (Å²) in [5, 5.41) is 0. The summed E-state index contributed by atoms with van der Waals surface area (Å²) in [6.07, 6.45) is -0.0127. The van der Waals surface area contributed by atoms with E-state index in [1.165, 1.54) is 12.1 Å². The van der Waals surface area contributed by atoms with Crippen LogP contribution in [0.4, 0.5) is 8.78 Å². The Labute approximate surface area is 87.5 Å². The second-order valence-electron chi connectivity index (χ2n) is 3.64. The van der Waals surface area contributed by atoms with Crippen molar-refractivity contribution in [3.05, 3.63) is 29.8 Å². The van der Waals surface area contributed by atoms with Crippen LogP contribution in [0, 0.1) is 11.6 Å². The van der Waals surface area contributed by atoms with Crippen molar-refractivity contribution >= 4 is 0 Å². The fourth-order valence-electron chi connectivity index (χ4n) is 1.61. The molecule has 1 saturated heterocycles. The molecule has 1 aromatic rings. The Morgan fingerprint density at radius 1 is 1.40 bits per heavy atom. The van der Waals surface area contributed by atoms with Crippen LogP contribution in [0.15, 0.2) is 18.2 Å². The third-order valence-electron chi connectivity index (χ3n) is 2.58. The first kappa shape index (κ1) is 10.4. The Morgan fingerprint density at radius 2 is 2.13 bits per heavy atom. The predicted octanol–water partition coefficient (Wildman–Crippen LogP) is 2.05. The van der Waals surface area contributed by atoms with Gasteiger partial charge in [-0.05, 0) is 18.7 Å². The minimum absolute atomic E-state index is 0.00996. The van der Waals surface area contributed by atoms with Crippen LogP contribution in [0.25, 0.3) is 0 Å². The van der Waals surface area contributed by atoms with Crippen molar-refractivity contribution in [2.24, 2.45) is 0 Å². The molecule has 0 atom stereocenters. The normalized spacial score (nSPS) is 17.5. The van der Waals surface area contributed by atoms with E-state index < -0.39 is 11.6 Å². The smallest absolute Gasteiger partial charge is 0.200 e. The highest BCUT2D eigenvalue weighted by Crippen LogP contribution is 2.22. The quantitative estimate of drug-likeness (QED) is 0.762. The molecule has 0 unspecified atom stereocenters. The number of halogens is 2. The van der Waals surface area contributed by atoms with Gasteiger partial charge in [0.05, 0.1) is 0 Å². The number of hydrogen-bond acceptors (Lipinski definition) is 2. The molecule has 1 aliphatic rings. The van der Waals surface area contributed by atoms with Gasteiger partial charge in [-0.2, -0.15) is 4.39 Å². The largest absolute Gasteiger partial charge is 0.485 e. The molecule has 0 aromatic heterocycles. The molecule has 1 aliphatic heterocycles. The summed E-state index contributed by atoms with van der Waals surface area (Å²) in [5.41, 5.74) is 0. The maximum absolute atomic E-state index is 13.2. The molecule has 1 aromatic carbocycles. The zero-order valence-electron chi connectivity index (χ0n) is 8.54. The summed E-state index contributed by atoms with van der Waals surface area (Å²) >= 11 is 0. The van der Waals surface area contributed by atoms with Gasteiger partial charge in [0.2, 0.25) is 5.82 Å². The summed E-state index contributed by atoms with van der Waals surface area (Å²) < 4.78 is 31.4. The molecule has 0 saturated carbocycles. The maximum Gasteiger partial charge on any atom is 0.200 e. The van der Waals surface area contributed by atoms with Crippen LogP contribution in [0.1, 0.15) is 6.92 Å². The standard InChI is InChI=1S/C11H13F2NO/c1-2-14-6-8(7-14)15-10-5-3-4-9(12)11(10)13/h3-5,8H,2,6-7H2,1H3. The second kappa shape index (κ2) is 4.14. The topological polar surface area (TPSA) is 12.5 Å². The summed E-state index contributed by atoms with van der Waals surface area (Å²) in [5.74, 6) is -1.75. The van der Waals surface area contributed by atoms with Crippen molar-refractivity contribution in [2.45, 2.75) is 13.0 Å². The second-order valence-corrected chi connectivity index (χ2v) is 3.64. The van der Waals surface area contributed by atoms with Crippen molar-refractivity contribution in [3.8, 4) is 5.75 Å². The number of nitrogens with zero attached hydrogens (tertiary/aromatic N) is 1. The fraction of sp³-hybridized carbons (Fsp3) is 0.455. The van der Waals surface area contributed by atoms with E-state index in [1.54, 1.807) is 0 Å². The van der Waals surface area contributed by atoms with Gasteiger partial charge in [0.15, 0.2) is 11.6 Å². The summed E-state index contributed by atoms with van der Waals surface area (Å²) in [6.45, 7) is 4.59. The Hall–Kier alpha value is -1.16. The van der Waals surface area contributed by atoms with Gasteiger partial charge in [0.25, 0.3) is 0 Å². The predicted molar refractivity (Wildman–Crippen MR) is 52.9 cm³/mol. The van der Waals surface area contributed by atoms with Gasteiger partial charge < -0.3 is 4.74 Å². The van der Waals surface area contributed by atoms with E-state index in [9.17, 15) is 8.78 Å². The van der Waals surface area contributed by atoms with Crippen molar-refractivity contribution in [1.82, 2.24) is 4.90 Å². The van der Waals surface area contributed by atoms with E-state index >= 15 is 0 Å². The SMILES string of the molecule is CCN1CC(Oc2cccc(F)c2F)C1. The van der Waals surface area contributed by atoms with E-state index in [0.717, 1.165) is 25.7 Å². The lowest BCUT2D eigenvalue weighted by Gasteiger charge is -2.38. The molecular formula is C11H13F2NO. The minimum atomic E-state index is -0.896. The minimum Gasteiger partial charge on any atom is -0.485 e. The van der Waals surface area contributed by atoms with Gasteiger partial charge in [-0.15, -0.1) is 0 Å². The molecular weight excluding hydrogens is 200 g/mol. The van der Waals surface area contributed by atoms with Crippen LogP contribution in [-0.2, 0) is 0 Å². The highest BCUT2D eigenvalue weighted by Gasteiger charge is 2.27. The Balaban J connectivity index is 1.97. The highest BCUT2D eigenvalue weighted by molar-refractivity contribution is 5.25. The van der Waals surface area contributed by atoms with Crippen LogP contribution in [0.3, 0.4) is 0 Å². The molecule has 1 fully saturated rings. The number of rotatable bonds is 3. The van der Waals surface area contributed by atoms with Crippen molar-refractivity contribution in [2.75, 3.05) is 19.6 Å². The lowest BCUT2D eigenvalue weighted by Crippen LogP contribution is -2.53. The van der Waals surface area contributed by atoms with Crippen LogP contribution in [0.5, 0.6) is 5.75 Å². The molecule has 1 heterocycles. The first-order chi connectivity index (χ1) is 7.20. The van der Waals surface area contributed by atoms with Gasteiger partial charge in [0, 0.05) is 13.1 Å². The number of hydrogen-bond donors (Lipinski definition) is 0. The van der Waals surface area contributed by atoms with Gasteiger partial charge in [-0.25, -0.2) is 4.39 Å². The lowest BCUT2D eigenvalue weighted by molar-refractivity contribution is 0.0210. The summed E-state index contributed by atoms with van der Waals surface area (Å²) in [6, 6.07) is 3.98. The third-order valence-corrected chi connectivity index (χ3v) is 2.58. The zero-order valence-corrected chi connectivity index (χ0v) is 8.54. The van der Waals surface area contributed by atoms with E-state index in [4.69, 9.17) is 4.74 Å². The molecule has 2 nitrogen and oxygen atoms in total. The number of likely N-dealkylation sites (tertiary alicyclic amines) is 1. The maximum atomic E-state index is 13.2. The van der Waals surface area contributed by atoms with Gasteiger partial charge in [-0.3, -0.25) is 4.90 Å². The average Bonchev–Trinajstić information content (AvgIpc) is 2.17. The summed E-state index contributed by atoms with van der Waals surface area (Å²) in [4.78, 5) is 2.17. The molecule has 4 heteroatoms. The molecule has 0 spiro atoms. The molecule has 2 rings (SSSR count). The van der Waals surface area contributed by atoms with Gasteiger partial charge in [-0.1, -0.05) is 13.0 Å². The molecule has 0 N–H and O–H groups in total. The third kappa shape index (κ3) is 2.09. The number of benzene rings is 1. The van der Waals surface area contributed by atoms with Crippen LogP contribution in [0.2, 0.25) is 0 Å². The van der Waals surface area contributed by atoms with Crippen molar-refractivity contribution in [3.63, 3.8) is 0 Å². The van der Waals surface area contributed by atoms with E-state index in [2.05, 4.69) is 11.8 Å². The summed E-state index contributed by atoms with van der Waals surface area (Å²) in [7, 11) is 0. The fourth-order valence-corrected chi connectivity index (χ4v) is 1.61. The number of ether oxygens (including phenoxy) is 1. The van der Waals surface area contributed by atoms with Crippen LogP contribution >= 0.6 is 0 Å². The first-order valence-corrected chi connectivity index (χ1v) is 5.03. The molecule has 0 amide bonds. The molecule has 0 radical (unpaired) electrons. The monoisotopic (exact) mass is 213 g/mol. The van der Waals surface area contributed by atoms with Crippen LogP contribution < -0.4 is 4.74 Å². The van der Waals surface area contributed by atoms with Gasteiger partial charge in [0.1, 0.15) is 6.10 Å². The highest BCUT2D eigenvalue weighted by atomic mass is 19.2. The van der Waals surface area contributed by atoms with Crippen molar-refractivity contribution in [1.29, 1.82) is 0 Å².